The predicted molar refractivity (Wildman–Crippen MR) is 34.1 cm³/mol. The predicted octanol–water partition coefficient (Wildman–Crippen LogP) is 2.45. The van der Waals surface area contributed by atoms with Crippen molar-refractivity contribution in [2.75, 3.05) is 6.54 Å². The largest absolute Gasteiger partial charge is 0.210 e. The Hall–Kier alpha value is -0.400. The highest BCUT2D eigenvalue weighted by Gasteiger charge is 1.96. The Morgan fingerprint density at radius 1 is 1.62 bits per heavy atom. The van der Waals surface area contributed by atoms with Gasteiger partial charge in [-0.25, -0.2) is 5.53 Å². The summed E-state index contributed by atoms with van der Waals surface area (Å²) in [5.74, 6) is 0.609. The lowest BCUT2D eigenvalue weighted by atomic mass is 10.1. The molecule has 1 atom stereocenters. The van der Waals surface area contributed by atoms with Crippen LogP contribution in [0.4, 0.5) is 0 Å². The Morgan fingerprint density at radius 2 is 2.25 bits per heavy atom. The van der Waals surface area contributed by atoms with E-state index >= 15 is 0 Å². The monoisotopic (exact) mass is 114 g/mol. The van der Waals surface area contributed by atoms with Crippen molar-refractivity contribution in [1.29, 1.82) is 5.53 Å². The molecule has 0 spiro atoms. The molecule has 2 heteroatoms. The molecule has 0 saturated carbocycles. The summed E-state index contributed by atoms with van der Waals surface area (Å²) in [6.07, 6.45) is 2.40. The first-order valence-corrected chi connectivity index (χ1v) is 3.14. The van der Waals surface area contributed by atoms with Crippen molar-refractivity contribution in [3.05, 3.63) is 0 Å². The number of hydrogen-bond acceptors (Lipinski definition) is 2. The van der Waals surface area contributed by atoms with Gasteiger partial charge >= 0.3 is 0 Å². The number of hydrogen-bond donors (Lipinski definition) is 1. The maximum Gasteiger partial charge on any atom is 0.0621 e. The van der Waals surface area contributed by atoms with Crippen molar-refractivity contribution in [3.8, 4) is 0 Å². The molecule has 1 N–H and O–H groups in total. The van der Waals surface area contributed by atoms with Crippen molar-refractivity contribution in [2.24, 2.45) is 11.0 Å². The highest BCUT2D eigenvalue weighted by Crippen LogP contribution is 2.03. The second kappa shape index (κ2) is 4.75. The van der Waals surface area contributed by atoms with Gasteiger partial charge in [-0.1, -0.05) is 20.3 Å². The molecule has 0 saturated heterocycles. The Kier molecular flexibility index (Phi) is 4.51. The Labute approximate surface area is 50.8 Å². The minimum Gasteiger partial charge on any atom is -0.210 e. The van der Waals surface area contributed by atoms with E-state index < -0.39 is 0 Å². The Morgan fingerprint density at radius 3 is 2.62 bits per heavy atom. The maximum absolute atomic E-state index is 6.54. The Bertz CT molecular complexity index is 61.5. The molecular formula is C6H14N2. The fourth-order valence-corrected chi connectivity index (χ4v) is 0.740. The molecule has 0 aliphatic rings. The van der Waals surface area contributed by atoms with Crippen LogP contribution in [0.3, 0.4) is 0 Å². The fourth-order valence-electron chi connectivity index (χ4n) is 0.740. The first-order valence-electron chi connectivity index (χ1n) is 3.14. The second-order valence-electron chi connectivity index (χ2n) is 2.23. The zero-order valence-electron chi connectivity index (χ0n) is 5.65. The second-order valence-corrected chi connectivity index (χ2v) is 2.23. The molecule has 1 unspecified atom stereocenters. The van der Waals surface area contributed by atoms with Gasteiger partial charge in [0.15, 0.2) is 0 Å². The zero-order valence-corrected chi connectivity index (χ0v) is 5.65. The van der Waals surface area contributed by atoms with E-state index in [4.69, 9.17) is 5.53 Å². The molecule has 0 aromatic carbocycles. The lowest BCUT2D eigenvalue weighted by Gasteiger charge is -2.02. The van der Waals surface area contributed by atoms with Crippen LogP contribution in [0.2, 0.25) is 0 Å². The van der Waals surface area contributed by atoms with Crippen LogP contribution in [0.5, 0.6) is 0 Å². The number of nitrogens with zero attached hydrogens (tertiary/aromatic N) is 1. The summed E-state index contributed by atoms with van der Waals surface area (Å²) in [5.41, 5.74) is 6.54. The maximum atomic E-state index is 6.54. The van der Waals surface area contributed by atoms with Crippen LogP contribution in [0, 0.1) is 11.4 Å². The Balaban J connectivity index is 3.03. The molecule has 8 heavy (non-hydrogen) atoms. The molecule has 0 heterocycles. The van der Waals surface area contributed by atoms with Crippen LogP contribution in [-0.4, -0.2) is 6.54 Å². The van der Waals surface area contributed by atoms with E-state index in [1.807, 2.05) is 0 Å². The third kappa shape index (κ3) is 3.78. The molecule has 0 radical (unpaired) electrons. The molecule has 0 rings (SSSR count). The standard InChI is InChI=1S/C6H14N2/c1-3-4-6(2)5-8-7/h6-7H,3-5H2,1-2H3. The normalized spacial score (nSPS) is 13.2. The number of nitrogens with one attached hydrogen (secondary N) is 1. The van der Waals surface area contributed by atoms with Gasteiger partial charge in [-0.05, 0) is 12.3 Å². The molecule has 2 nitrogen and oxygen atoms in total. The molecule has 0 aliphatic carbocycles. The first kappa shape index (κ1) is 7.60. The van der Waals surface area contributed by atoms with Gasteiger partial charge in [-0.3, -0.25) is 0 Å². The van der Waals surface area contributed by atoms with Crippen molar-refractivity contribution in [3.63, 3.8) is 0 Å². The molecule has 0 aromatic rings. The number of rotatable bonds is 4. The summed E-state index contributed by atoms with van der Waals surface area (Å²) in [7, 11) is 0. The van der Waals surface area contributed by atoms with Gasteiger partial charge < -0.3 is 0 Å². The van der Waals surface area contributed by atoms with E-state index in [1.165, 1.54) is 12.8 Å². The summed E-state index contributed by atoms with van der Waals surface area (Å²) < 4.78 is 0. The van der Waals surface area contributed by atoms with E-state index in [-0.39, 0.29) is 0 Å². The zero-order chi connectivity index (χ0) is 6.41. The lowest BCUT2D eigenvalue weighted by molar-refractivity contribution is 0.523. The average Bonchev–Trinajstić information content (AvgIpc) is 1.68. The molecule has 0 bridgehead atoms. The highest BCUT2D eigenvalue weighted by atomic mass is 14.9. The van der Waals surface area contributed by atoms with Gasteiger partial charge in [-0.15, -0.1) is 0 Å². The summed E-state index contributed by atoms with van der Waals surface area (Å²) >= 11 is 0. The summed E-state index contributed by atoms with van der Waals surface area (Å²) in [4.78, 5) is 0. The third-order valence-electron chi connectivity index (χ3n) is 1.18. The minimum absolute atomic E-state index is 0.609. The van der Waals surface area contributed by atoms with Crippen LogP contribution < -0.4 is 0 Å². The molecule has 0 amide bonds. The van der Waals surface area contributed by atoms with Crippen LogP contribution in [0.15, 0.2) is 5.11 Å². The van der Waals surface area contributed by atoms with Gasteiger partial charge in [-0.2, -0.15) is 5.11 Å². The topological polar surface area (TPSA) is 36.2 Å². The minimum atomic E-state index is 0.609. The molecule has 0 aliphatic heterocycles. The average molecular weight is 114 g/mol. The van der Waals surface area contributed by atoms with Crippen LogP contribution in [0.1, 0.15) is 26.7 Å². The van der Waals surface area contributed by atoms with Crippen LogP contribution >= 0.6 is 0 Å². The summed E-state index contributed by atoms with van der Waals surface area (Å²) in [6.45, 7) is 4.98. The van der Waals surface area contributed by atoms with Crippen molar-refractivity contribution in [2.45, 2.75) is 26.7 Å². The smallest absolute Gasteiger partial charge is 0.0621 e. The molecule has 0 aromatic heterocycles. The summed E-state index contributed by atoms with van der Waals surface area (Å²) in [5, 5.41) is 3.30. The lowest BCUT2D eigenvalue weighted by Crippen LogP contribution is -1.96. The first-order chi connectivity index (χ1) is 3.81. The van der Waals surface area contributed by atoms with E-state index in [0.717, 1.165) is 0 Å². The van der Waals surface area contributed by atoms with E-state index in [1.54, 1.807) is 0 Å². The van der Waals surface area contributed by atoms with Crippen molar-refractivity contribution < 1.29 is 0 Å². The van der Waals surface area contributed by atoms with Crippen LogP contribution in [-0.2, 0) is 0 Å². The van der Waals surface area contributed by atoms with Crippen LogP contribution in [0.25, 0.3) is 0 Å². The summed E-state index contributed by atoms with van der Waals surface area (Å²) in [6, 6.07) is 0. The van der Waals surface area contributed by atoms with Gasteiger partial charge in [0.2, 0.25) is 0 Å². The molecule has 0 fully saturated rings. The van der Waals surface area contributed by atoms with Crippen molar-refractivity contribution >= 4 is 0 Å². The SMILES string of the molecule is CCCC(C)CN=N. The van der Waals surface area contributed by atoms with Gasteiger partial charge in [0.05, 0.1) is 6.54 Å². The van der Waals surface area contributed by atoms with Crippen molar-refractivity contribution in [1.82, 2.24) is 0 Å². The quantitative estimate of drug-likeness (QED) is 0.545. The van der Waals surface area contributed by atoms with Gasteiger partial charge in [0, 0.05) is 0 Å². The third-order valence-corrected chi connectivity index (χ3v) is 1.18. The fraction of sp³-hybridized carbons (Fsp3) is 1.00. The molecular weight excluding hydrogens is 100 g/mol. The van der Waals surface area contributed by atoms with E-state index in [0.29, 0.717) is 12.5 Å². The van der Waals surface area contributed by atoms with Gasteiger partial charge in [0.1, 0.15) is 0 Å². The highest BCUT2D eigenvalue weighted by molar-refractivity contribution is 4.51. The van der Waals surface area contributed by atoms with Gasteiger partial charge in [0.25, 0.3) is 0 Å². The van der Waals surface area contributed by atoms with E-state index in [2.05, 4.69) is 19.0 Å². The van der Waals surface area contributed by atoms with E-state index in [9.17, 15) is 0 Å². The molecule has 48 valence electrons.